The van der Waals surface area contributed by atoms with Gasteiger partial charge < -0.3 is 0 Å². The minimum atomic E-state index is -0.964. The van der Waals surface area contributed by atoms with Gasteiger partial charge in [-0.1, -0.05) is 15.9 Å². The molecule has 0 saturated heterocycles. The van der Waals surface area contributed by atoms with Gasteiger partial charge in [-0.2, -0.15) is 5.26 Å². The van der Waals surface area contributed by atoms with E-state index in [1.165, 1.54) is 0 Å². The van der Waals surface area contributed by atoms with E-state index < -0.39 is 11.6 Å². The second-order valence-corrected chi connectivity index (χ2v) is 3.93. The summed E-state index contributed by atoms with van der Waals surface area (Å²) in [6, 6.07) is 2.87. The normalized spacial score (nSPS) is 9.77. The number of hydrogen-bond donors (Lipinski definition) is 0. The van der Waals surface area contributed by atoms with Gasteiger partial charge >= 0.3 is 0 Å². The Morgan fingerprint density at radius 2 is 2.00 bits per heavy atom. The van der Waals surface area contributed by atoms with E-state index >= 15 is 0 Å². The zero-order valence-corrected chi connectivity index (χ0v) is 9.42. The maximum Gasteiger partial charge on any atom is 0.173 e. The van der Waals surface area contributed by atoms with Gasteiger partial charge in [-0.05, 0) is 27.6 Å². The fourth-order valence-electron chi connectivity index (χ4n) is 0.845. The molecule has 1 nitrogen and oxygen atoms in total. The van der Waals surface area contributed by atoms with Crippen LogP contribution in [-0.2, 0) is 6.42 Å². The van der Waals surface area contributed by atoms with Crippen LogP contribution in [0.4, 0.5) is 8.78 Å². The van der Waals surface area contributed by atoms with Crippen LogP contribution < -0.4 is 0 Å². The summed E-state index contributed by atoms with van der Waals surface area (Å²) < 4.78 is 26.1. The van der Waals surface area contributed by atoms with E-state index in [4.69, 9.17) is 5.26 Å². The van der Waals surface area contributed by atoms with Gasteiger partial charge in [0.15, 0.2) is 11.6 Å². The van der Waals surface area contributed by atoms with E-state index in [0.29, 0.717) is 10.0 Å². The third-order valence-corrected chi connectivity index (χ3v) is 3.00. The lowest BCUT2D eigenvalue weighted by Crippen LogP contribution is -1.94. The van der Waals surface area contributed by atoms with E-state index in [1.807, 2.05) is 6.07 Å². The molecule has 13 heavy (non-hydrogen) atoms. The summed E-state index contributed by atoms with van der Waals surface area (Å²) in [5.74, 6) is -1.91. The molecule has 5 heteroatoms. The molecule has 0 bridgehead atoms. The van der Waals surface area contributed by atoms with Gasteiger partial charge in [0.25, 0.3) is 0 Å². The van der Waals surface area contributed by atoms with E-state index in [9.17, 15) is 8.78 Å². The van der Waals surface area contributed by atoms with E-state index in [2.05, 4.69) is 31.9 Å². The Hall–Kier alpha value is -0.470. The van der Waals surface area contributed by atoms with Gasteiger partial charge in [-0.15, -0.1) is 0 Å². The molecule has 1 aromatic carbocycles. The summed E-state index contributed by atoms with van der Waals surface area (Å²) in [6.45, 7) is 0. The van der Waals surface area contributed by atoms with Crippen molar-refractivity contribution in [2.45, 2.75) is 6.42 Å². The quantitative estimate of drug-likeness (QED) is 0.575. The highest BCUT2D eigenvalue weighted by Crippen LogP contribution is 2.30. The van der Waals surface area contributed by atoms with Crippen molar-refractivity contribution in [2.24, 2.45) is 0 Å². The van der Waals surface area contributed by atoms with Gasteiger partial charge in [-0.3, -0.25) is 0 Å². The van der Waals surface area contributed by atoms with Crippen LogP contribution in [0, 0.1) is 23.0 Å². The van der Waals surface area contributed by atoms with Gasteiger partial charge in [0, 0.05) is 4.47 Å². The Kier molecular flexibility index (Phi) is 3.40. The van der Waals surface area contributed by atoms with Crippen LogP contribution in [-0.4, -0.2) is 0 Å². The number of benzene rings is 1. The maximum absolute atomic E-state index is 12.9. The Labute approximate surface area is 90.6 Å². The molecule has 0 saturated carbocycles. The highest BCUT2D eigenvalue weighted by Gasteiger charge is 2.14. The van der Waals surface area contributed by atoms with Crippen LogP contribution in [0.1, 0.15) is 5.56 Å². The second kappa shape index (κ2) is 4.16. The van der Waals surface area contributed by atoms with E-state index in [0.717, 1.165) is 6.07 Å². The fourth-order valence-corrected chi connectivity index (χ4v) is 2.19. The van der Waals surface area contributed by atoms with E-state index in [1.54, 1.807) is 0 Å². The molecule has 0 radical (unpaired) electrons. The largest absolute Gasteiger partial charge is 0.204 e. The zero-order chi connectivity index (χ0) is 10.0. The average Bonchev–Trinajstić information content (AvgIpc) is 2.09. The molecule has 0 atom stereocenters. The lowest BCUT2D eigenvalue weighted by molar-refractivity contribution is 0.502. The fraction of sp³-hybridized carbons (Fsp3) is 0.125. The summed E-state index contributed by atoms with van der Waals surface area (Å²) in [5, 5.41) is 8.42. The van der Waals surface area contributed by atoms with Gasteiger partial charge in [-0.25, -0.2) is 8.78 Å². The molecule has 0 aromatic heterocycles. The van der Waals surface area contributed by atoms with E-state index in [-0.39, 0.29) is 10.9 Å². The average molecular weight is 311 g/mol. The zero-order valence-electron chi connectivity index (χ0n) is 6.24. The molecule has 0 unspecified atom stereocenters. The molecule has 1 aromatic rings. The molecule has 0 N–H and O–H groups in total. The number of nitriles is 1. The number of rotatable bonds is 1. The standard InChI is InChI=1S/C8H3Br2F2N/c9-5-3-6(11)8(12)7(10)4(5)1-2-13/h3H,1H2. The van der Waals surface area contributed by atoms with Crippen molar-refractivity contribution in [3.8, 4) is 6.07 Å². The second-order valence-electron chi connectivity index (χ2n) is 2.28. The Morgan fingerprint density at radius 1 is 1.38 bits per heavy atom. The smallest absolute Gasteiger partial charge is 0.173 e. The molecule has 0 aliphatic rings. The molecule has 0 aliphatic heterocycles. The van der Waals surface area contributed by atoms with Crippen molar-refractivity contribution in [3.63, 3.8) is 0 Å². The number of hydrogen-bond acceptors (Lipinski definition) is 1. The Balaban J connectivity index is 3.36. The van der Waals surface area contributed by atoms with Crippen LogP contribution in [0.5, 0.6) is 0 Å². The van der Waals surface area contributed by atoms with Gasteiger partial charge in [0.05, 0.1) is 17.0 Å². The first-order chi connectivity index (χ1) is 6.07. The molecule has 0 amide bonds. The molecule has 1 rings (SSSR count). The number of nitrogens with zero attached hydrogens (tertiary/aromatic N) is 1. The predicted octanol–water partition coefficient (Wildman–Crippen LogP) is 3.56. The molecule has 0 fully saturated rings. The molecule has 0 aliphatic carbocycles. The van der Waals surface area contributed by atoms with Crippen molar-refractivity contribution in [3.05, 3.63) is 32.2 Å². The molecule has 0 spiro atoms. The predicted molar refractivity (Wildman–Crippen MR) is 51.1 cm³/mol. The summed E-state index contributed by atoms with van der Waals surface area (Å²) in [5.41, 5.74) is 0.418. The van der Waals surface area contributed by atoms with Crippen LogP contribution in [0.25, 0.3) is 0 Å². The number of halogens is 4. The molecular formula is C8H3Br2F2N. The monoisotopic (exact) mass is 309 g/mol. The van der Waals surface area contributed by atoms with Crippen LogP contribution in [0.15, 0.2) is 15.0 Å². The van der Waals surface area contributed by atoms with Gasteiger partial charge in [0.2, 0.25) is 0 Å². The summed E-state index contributed by atoms with van der Waals surface area (Å²) in [6.07, 6.45) is 0.0262. The third-order valence-electron chi connectivity index (χ3n) is 1.46. The highest BCUT2D eigenvalue weighted by atomic mass is 79.9. The minimum Gasteiger partial charge on any atom is -0.204 e. The first-order valence-corrected chi connectivity index (χ1v) is 4.85. The van der Waals surface area contributed by atoms with Crippen molar-refractivity contribution in [1.82, 2.24) is 0 Å². The SMILES string of the molecule is N#CCc1c(Br)cc(F)c(F)c1Br. The van der Waals surface area contributed by atoms with Gasteiger partial charge in [0.1, 0.15) is 0 Å². The topological polar surface area (TPSA) is 23.8 Å². The molecule has 68 valence electrons. The summed E-state index contributed by atoms with van der Waals surface area (Å²) in [4.78, 5) is 0. The van der Waals surface area contributed by atoms with Crippen molar-refractivity contribution < 1.29 is 8.78 Å². The Morgan fingerprint density at radius 3 is 2.54 bits per heavy atom. The van der Waals surface area contributed by atoms with Crippen molar-refractivity contribution in [2.75, 3.05) is 0 Å². The maximum atomic E-state index is 12.9. The van der Waals surface area contributed by atoms with Crippen molar-refractivity contribution in [1.29, 1.82) is 5.26 Å². The summed E-state index contributed by atoms with van der Waals surface area (Å²) in [7, 11) is 0. The van der Waals surface area contributed by atoms with Crippen LogP contribution in [0.3, 0.4) is 0 Å². The molecular weight excluding hydrogens is 308 g/mol. The molecule has 0 heterocycles. The first kappa shape index (κ1) is 10.6. The van der Waals surface area contributed by atoms with Crippen molar-refractivity contribution >= 4 is 31.9 Å². The lowest BCUT2D eigenvalue weighted by atomic mass is 10.1. The first-order valence-electron chi connectivity index (χ1n) is 3.26. The highest BCUT2D eigenvalue weighted by molar-refractivity contribution is 9.11. The lowest BCUT2D eigenvalue weighted by Gasteiger charge is -2.04. The Bertz CT molecular complexity index is 385. The third kappa shape index (κ3) is 2.06. The summed E-state index contributed by atoms with van der Waals surface area (Å²) >= 11 is 5.93. The van der Waals surface area contributed by atoms with Crippen LogP contribution >= 0.6 is 31.9 Å². The van der Waals surface area contributed by atoms with Crippen LogP contribution in [0.2, 0.25) is 0 Å². The minimum absolute atomic E-state index is 0.000856.